The van der Waals surface area contributed by atoms with Crippen molar-refractivity contribution in [1.82, 2.24) is 0 Å². The Bertz CT molecular complexity index is 233. The standard InChI is InChI=1S/C11H18O3/c1-4-10(14-9(3)12)11-7-5-6-8(2)13-11/h6,10-11H,4-5,7H2,1-3H3/t10-,11+/m0/s1. The van der Waals surface area contributed by atoms with Gasteiger partial charge in [0, 0.05) is 6.92 Å². The molecule has 0 aliphatic carbocycles. The molecule has 1 heterocycles. The van der Waals surface area contributed by atoms with Gasteiger partial charge in [0.15, 0.2) is 0 Å². The second-order valence-electron chi connectivity index (χ2n) is 3.60. The van der Waals surface area contributed by atoms with Crippen molar-refractivity contribution in [2.24, 2.45) is 0 Å². The average molecular weight is 198 g/mol. The highest BCUT2D eigenvalue weighted by atomic mass is 16.6. The minimum absolute atomic E-state index is 0.0360. The van der Waals surface area contributed by atoms with Gasteiger partial charge in [-0.15, -0.1) is 0 Å². The zero-order valence-electron chi connectivity index (χ0n) is 9.08. The molecule has 1 rings (SSSR count). The van der Waals surface area contributed by atoms with Gasteiger partial charge in [-0.25, -0.2) is 0 Å². The van der Waals surface area contributed by atoms with E-state index in [0.29, 0.717) is 0 Å². The van der Waals surface area contributed by atoms with Gasteiger partial charge in [-0.3, -0.25) is 4.79 Å². The number of ether oxygens (including phenoxy) is 2. The molecule has 0 radical (unpaired) electrons. The fraction of sp³-hybridized carbons (Fsp3) is 0.727. The summed E-state index contributed by atoms with van der Waals surface area (Å²) in [5, 5.41) is 0. The third-order valence-electron chi connectivity index (χ3n) is 2.35. The molecule has 0 spiro atoms. The molecular weight excluding hydrogens is 180 g/mol. The van der Waals surface area contributed by atoms with E-state index in [1.54, 1.807) is 0 Å². The molecule has 80 valence electrons. The average Bonchev–Trinajstić information content (AvgIpc) is 2.14. The monoisotopic (exact) mass is 198 g/mol. The summed E-state index contributed by atoms with van der Waals surface area (Å²) in [6, 6.07) is 0. The van der Waals surface area contributed by atoms with Gasteiger partial charge in [0.1, 0.15) is 12.2 Å². The lowest BCUT2D eigenvalue weighted by molar-refractivity contribution is -0.154. The molecule has 0 unspecified atom stereocenters. The maximum atomic E-state index is 10.8. The minimum Gasteiger partial charge on any atom is -0.492 e. The normalized spacial score (nSPS) is 23.4. The first-order valence-corrected chi connectivity index (χ1v) is 5.14. The first-order valence-electron chi connectivity index (χ1n) is 5.14. The number of carbonyl (C=O) groups is 1. The van der Waals surface area contributed by atoms with Gasteiger partial charge >= 0.3 is 5.97 Å². The highest BCUT2D eigenvalue weighted by molar-refractivity contribution is 5.66. The predicted molar refractivity (Wildman–Crippen MR) is 53.7 cm³/mol. The van der Waals surface area contributed by atoms with Gasteiger partial charge in [-0.2, -0.15) is 0 Å². The Morgan fingerprint density at radius 2 is 2.50 bits per heavy atom. The van der Waals surface area contributed by atoms with Gasteiger partial charge in [0.25, 0.3) is 0 Å². The van der Waals surface area contributed by atoms with Crippen molar-refractivity contribution >= 4 is 5.97 Å². The highest BCUT2D eigenvalue weighted by Gasteiger charge is 2.25. The third-order valence-corrected chi connectivity index (χ3v) is 2.35. The smallest absolute Gasteiger partial charge is 0.303 e. The first-order chi connectivity index (χ1) is 6.63. The Morgan fingerprint density at radius 3 is 3.00 bits per heavy atom. The number of esters is 1. The van der Waals surface area contributed by atoms with E-state index in [4.69, 9.17) is 9.47 Å². The van der Waals surface area contributed by atoms with E-state index in [2.05, 4.69) is 6.08 Å². The summed E-state index contributed by atoms with van der Waals surface area (Å²) >= 11 is 0. The lowest BCUT2D eigenvalue weighted by atomic mass is 10.0. The van der Waals surface area contributed by atoms with Crippen LogP contribution in [-0.4, -0.2) is 18.2 Å². The molecule has 14 heavy (non-hydrogen) atoms. The summed E-state index contributed by atoms with van der Waals surface area (Å²) < 4.78 is 10.8. The van der Waals surface area contributed by atoms with Crippen molar-refractivity contribution in [2.75, 3.05) is 0 Å². The second-order valence-corrected chi connectivity index (χ2v) is 3.60. The second kappa shape index (κ2) is 5.03. The van der Waals surface area contributed by atoms with Crippen LogP contribution in [0.25, 0.3) is 0 Å². The molecular formula is C11H18O3. The molecule has 0 amide bonds. The van der Waals surface area contributed by atoms with Crippen molar-refractivity contribution in [3.63, 3.8) is 0 Å². The highest BCUT2D eigenvalue weighted by Crippen LogP contribution is 2.22. The SMILES string of the molecule is CC[C@H](OC(C)=O)[C@H]1CCC=C(C)O1. The molecule has 0 aromatic heterocycles. The van der Waals surface area contributed by atoms with Crippen LogP contribution in [0.15, 0.2) is 11.8 Å². The minimum atomic E-state index is -0.229. The number of hydrogen-bond acceptors (Lipinski definition) is 3. The van der Waals surface area contributed by atoms with Crippen LogP contribution in [0.1, 0.15) is 40.0 Å². The van der Waals surface area contributed by atoms with E-state index in [-0.39, 0.29) is 18.2 Å². The van der Waals surface area contributed by atoms with Crippen LogP contribution in [0.4, 0.5) is 0 Å². The maximum absolute atomic E-state index is 10.8. The number of carbonyl (C=O) groups excluding carboxylic acids is 1. The van der Waals surface area contributed by atoms with Crippen molar-refractivity contribution < 1.29 is 14.3 Å². The largest absolute Gasteiger partial charge is 0.492 e. The summed E-state index contributed by atoms with van der Waals surface area (Å²) in [5.74, 6) is 0.708. The fourth-order valence-electron chi connectivity index (χ4n) is 1.69. The zero-order chi connectivity index (χ0) is 10.6. The predicted octanol–water partition coefficient (Wildman–Crippen LogP) is 2.41. The maximum Gasteiger partial charge on any atom is 0.303 e. The van der Waals surface area contributed by atoms with Gasteiger partial charge in [0.05, 0.1) is 5.76 Å². The number of hydrogen-bond donors (Lipinski definition) is 0. The van der Waals surface area contributed by atoms with Crippen molar-refractivity contribution in [2.45, 2.75) is 52.2 Å². The molecule has 1 aliphatic heterocycles. The molecule has 0 bridgehead atoms. The van der Waals surface area contributed by atoms with E-state index >= 15 is 0 Å². The molecule has 0 N–H and O–H groups in total. The Kier molecular flexibility index (Phi) is 3.98. The molecule has 0 saturated carbocycles. The van der Waals surface area contributed by atoms with Crippen LogP contribution in [0, 0.1) is 0 Å². The lowest BCUT2D eigenvalue weighted by Crippen LogP contribution is -2.33. The molecule has 3 nitrogen and oxygen atoms in total. The van der Waals surface area contributed by atoms with Crippen LogP contribution in [0.2, 0.25) is 0 Å². The Balaban J connectivity index is 2.52. The van der Waals surface area contributed by atoms with Gasteiger partial charge in [-0.1, -0.05) is 6.92 Å². The number of rotatable bonds is 3. The van der Waals surface area contributed by atoms with Crippen molar-refractivity contribution in [3.8, 4) is 0 Å². The van der Waals surface area contributed by atoms with Crippen LogP contribution < -0.4 is 0 Å². The van der Waals surface area contributed by atoms with Crippen LogP contribution >= 0.6 is 0 Å². The zero-order valence-corrected chi connectivity index (χ0v) is 9.08. The van der Waals surface area contributed by atoms with Crippen molar-refractivity contribution in [1.29, 1.82) is 0 Å². The number of allylic oxidation sites excluding steroid dienone is 2. The summed E-state index contributed by atoms with van der Waals surface area (Å²) in [6.07, 6.45) is 4.75. The molecule has 0 aromatic carbocycles. The first kappa shape index (κ1) is 11.1. The van der Waals surface area contributed by atoms with E-state index in [9.17, 15) is 4.79 Å². The third kappa shape index (κ3) is 3.05. The van der Waals surface area contributed by atoms with Crippen LogP contribution in [-0.2, 0) is 14.3 Å². The summed E-state index contributed by atoms with van der Waals surface area (Å²) in [4.78, 5) is 10.8. The fourth-order valence-corrected chi connectivity index (χ4v) is 1.69. The molecule has 0 fully saturated rings. The van der Waals surface area contributed by atoms with Gasteiger partial charge in [0.2, 0.25) is 0 Å². The topological polar surface area (TPSA) is 35.5 Å². The molecule has 0 aromatic rings. The van der Waals surface area contributed by atoms with E-state index in [0.717, 1.165) is 25.0 Å². The van der Waals surface area contributed by atoms with Crippen LogP contribution in [0.3, 0.4) is 0 Å². The Hall–Kier alpha value is -0.990. The molecule has 0 saturated heterocycles. The summed E-state index contributed by atoms with van der Waals surface area (Å²) in [5.41, 5.74) is 0. The van der Waals surface area contributed by atoms with Gasteiger partial charge < -0.3 is 9.47 Å². The molecule has 3 heteroatoms. The van der Waals surface area contributed by atoms with Crippen molar-refractivity contribution in [3.05, 3.63) is 11.8 Å². The van der Waals surface area contributed by atoms with Gasteiger partial charge in [-0.05, 0) is 32.3 Å². The quantitative estimate of drug-likeness (QED) is 0.653. The lowest BCUT2D eigenvalue weighted by Gasteiger charge is -2.29. The van der Waals surface area contributed by atoms with E-state index in [1.165, 1.54) is 6.92 Å². The Morgan fingerprint density at radius 1 is 1.79 bits per heavy atom. The summed E-state index contributed by atoms with van der Waals surface area (Å²) in [7, 11) is 0. The van der Waals surface area contributed by atoms with E-state index < -0.39 is 0 Å². The van der Waals surface area contributed by atoms with Crippen LogP contribution in [0.5, 0.6) is 0 Å². The molecule has 1 aliphatic rings. The summed E-state index contributed by atoms with van der Waals surface area (Å²) in [6.45, 7) is 5.38. The van der Waals surface area contributed by atoms with E-state index in [1.807, 2.05) is 13.8 Å². The molecule has 2 atom stereocenters. The Labute approximate surface area is 85.1 Å².